The van der Waals surface area contributed by atoms with Crippen LogP contribution in [0.1, 0.15) is 15.9 Å². The molecule has 178 valence electrons. The number of aromatic carboxylic acids is 1. The molecular weight excluding hydrogens is 449 g/mol. The number of benzene rings is 3. The van der Waals surface area contributed by atoms with Gasteiger partial charge < -0.3 is 19.8 Å². The Balaban J connectivity index is 1.48. The molecule has 0 unspecified atom stereocenters. The SMILES string of the molecule is O=C(O)c1ccc(N2CCN(Cc3cc(OC(F)(F)F)cc(-c4cccc(O)c4)c3)CC2)cc1. The van der Waals surface area contributed by atoms with Crippen LogP contribution in [-0.2, 0) is 6.54 Å². The molecule has 2 N–H and O–H groups in total. The number of hydrogen-bond donors (Lipinski definition) is 2. The average Bonchev–Trinajstić information content (AvgIpc) is 2.78. The van der Waals surface area contributed by atoms with Gasteiger partial charge in [0.2, 0.25) is 0 Å². The van der Waals surface area contributed by atoms with Gasteiger partial charge in [0.25, 0.3) is 0 Å². The highest BCUT2D eigenvalue weighted by Crippen LogP contribution is 2.32. The van der Waals surface area contributed by atoms with E-state index in [-0.39, 0.29) is 17.1 Å². The molecule has 1 fully saturated rings. The van der Waals surface area contributed by atoms with Crippen molar-refractivity contribution in [3.8, 4) is 22.6 Å². The molecule has 0 radical (unpaired) electrons. The standard InChI is InChI=1S/C25H23F3N2O4/c26-25(27,28)34-23-13-17(12-20(15-23)19-2-1-3-22(31)14-19)16-29-8-10-30(11-9-29)21-6-4-18(5-7-21)24(32)33/h1-7,12-15,31H,8-11,16H2,(H,32,33). The van der Waals surface area contributed by atoms with Crippen molar-refractivity contribution in [2.75, 3.05) is 31.1 Å². The highest BCUT2D eigenvalue weighted by atomic mass is 19.4. The van der Waals surface area contributed by atoms with Crippen molar-refractivity contribution in [1.29, 1.82) is 0 Å². The van der Waals surface area contributed by atoms with E-state index in [1.807, 2.05) is 0 Å². The summed E-state index contributed by atoms with van der Waals surface area (Å²) < 4.78 is 42.9. The largest absolute Gasteiger partial charge is 0.573 e. The van der Waals surface area contributed by atoms with Crippen molar-refractivity contribution in [1.82, 2.24) is 4.90 Å². The predicted octanol–water partition coefficient (Wildman–Crippen LogP) is 4.98. The van der Waals surface area contributed by atoms with Crippen LogP contribution >= 0.6 is 0 Å². The Morgan fingerprint density at radius 1 is 0.912 bits per heavy atom. The summed E-state index contributed by atoms with van der Waals surface area (Å²) in [6.07, 6.45) is -4.81. The second-order valence-electron chi connectivity index (χ2n) is 8.08. The van der Waals surface area contributed by atoms with Crippen LogP contribution < -0.4 is 9.64 Å². The number of rotatable bonds is 6. The van der Waals surface area contributed by atoms with Gasteiger partial charge in [0.15, 0.2) is 0 Å². The average molecular weight is 472 g/mol. The second kappa shape index (κ2) is 9.64. The number of piperazine rings is 1. The van der Waals surface area contributed by atoms with Crippen molar-refractivity contribution in [2.45, 2.75) is 12.9 Å². The molecule has 0 spiro atoms. The van der Waals surface area contributed by atoms with Crippen molar-refractivity contribution in [3.63, 3.8) is 0 Å². The molecule has 4 rings (SSSR count). The lowest BCUT2D eigenvalue weighted by atomic mass is 10.0. The topological polar surface area (TPSA) is 73.2 Å². The Hall–Kier alpha value is -3.72. The second-order valence-corrected chi connectivity index (χ2v) is 8.08. The summed E-state index contributed by atoms with van der Waals surface area (Å²) in [5.74, 6) is -1.26. The van der Waals surface area contributed by atoms with Gasteiger partial charge >= 0.3 is 12.3 Å². The summed E-state index contributed by atoms with van der Waals surface area (Å²) in [4.78, 5) is 15.3. The third-order valence-corrected chi connectivity index (χ3v) is 5.64. The summed E-state index contributed by atoms with van der Waals surface area (Å²) in [5.41, 5.74) is 2.93. The lowest BCUT2D eigenvalue weighted by Gasteiger charge is -2.36. The number of phenols is 1. The van der Waals surface area contributed by atoms with Gasteiger partial charge in [-0.1, -0.05) is 12.1 Å². The maximum absolute atomic E-state index is 12.9. The molecule has 1 saturated heterocycles. The molecule has 9 heteroatoms. The van der Waals surface area contributed by atoms with Crippen molar-refractivity contribution >= 4 is 11.7 Å². The first-order valence-electron chi connectivity index (χ1n) is 10.7. The molecule has 0 atom stereocenters. The minimum atomic E-state index is -4.81. The molecule has 3 aromatic carbocycles. The van der Waals surface area contributed by atoms with E-state index in [0.29, 0.717) is 49.4 Å². The van der Waals surface area contributed by atoms with Crippen LogP contribution in [-0.4, -0.2) is 53.6 Å². The molecular formula is C25H23F3N2O4. The van der Waals surface area contributed by atoms with Gasteiger partial charge in [0, 0.05) is 38.4 Å². The molecule has 34 heavy (non-hydrogen) atoms. The van der Waals surface area contributed by atoms with Gasteiger partial charge in [0.1, 0.15) is 11.5 Å². The molecule has 0 bridgehead atoms. The third kappa shape index (κ3) is 5.99. The van der Waals surface area contributed by atoms with Gasteiger partial charge in [-0.25, -0.2) is 4.79 Å². The van der Waals surface area contributed by atoms with Crippen molar-refractivity contribution < 1.29 is 32.9 Å². The van der Waals surface area contributed by atoms with Gasteiger partial charge in [-0.3, -0.25) is 4.90 Å². The number of carbonyl (C=O) groups is 1. The van der Waals surface area contributed by atoms with Crippen LogP contribution in [0.25, 0.3) is 11.1 Å². The first kappa shape index (κ1) is 23.4. The minimum absolute atomic E-state index is 0.0219. The van der Waals surface area contributed by atoms with E-state index in [1.54, 1.807) is 42.5 Å². The van der Waals surface area contributed by atoms with E-state index in [9.17, 15) is 23.1 Å². The summed E-state index contributed by atoms with van der Waals surface area (Å²) in [7, 11) is 0. The summed E-state index contributed by atoms with van der Waals surface area (Å²) in [5, 5.41) is 18.8. The molecule has 0 aromatic heterocycles. The number of nitrogens with zero attached hydrogens (tertiary/aromatic N) is 2. The fraction of sp³-hybridized carbons (Fsp3) is 0.240. The molecule has 1 aliphatic heterocycles. The first-order chi connectivity index (χ1) is 16.2. The quantitative estimate of drug-likeness (QED) is 0.527. The number of carboxylic acids is 1. The van der Waals surface area contributed by atoms with Crippen LogP contribution in [0.2, 0.25) is 0 Å². The molecule has 6 nitrogen and oxygen atoms in total. The van der Waals surface area contributed by atoms with Gasteiger partial charge in [-0.2, -0.15) is 0 Å². The van der Waals surface area contributed by atoms with E-state index in [1.165, 1.54) is 24.3 Å². The van der Waals surface area contributed by atoms with E-state index in [0.717, 1.165) is 5.69 Å². The van der Waals surface area contributed by atoms with E-state index in [4.69, 9.17) is 5.11 Å². The Morgan fingerprint density at radius 3 is 2.24 bits per heavy atom. The van der Waals surface area contributed by atoms with Crippen molar-refractivity contribution in [2.24, 2.45) is 0 Å². The normalized spacial score (nSPS) is 14.7. The number of phenolic OH excluding ortho intramolecular Hbond substituents is 1. The van der Waals surface area contributed by atoms with E-state index >= 15 is 0 Å². The third-order valence-electron chi connectivity index (χ3n) is 5.64. The summed E-state index contributed by atoms with van der Waals surface area (Å²) in [6.45, 7) is 3.21. The zero-order chi connectivity index (χ0) is 24.3. The molecule has 1 heterocycles. The number of carboxylic acid groups (broad SMARTS) is 1. The highest BCUT2D eigenvalue weighted by Gasteiger charge is 2.31. The highest BCUT2D eigenvalue weighted by molar-refractivity contribution is 5.88. The number of halogens is 3. The first-order valence-corrected chi connectivity index (χ1v) is 10.7. The number of ether oxygens (including phenoxy) is 1. The van der Waals surface area contributed by atoms with E-state index in [2.05, 4.69) is 14.5 Å². The molecule has 1 aliphatic rings. The number of hydrogen-bond acceptors (Lipinski definition) is 5. The molecule has 3 aromatic rings. The zero-order valence-corrected chi connectivity index (χ0v) is 18.1. The molecule has 0 saturated carbocycles. The molecule has 0 amide bonds. The fourth-order valence-electron chi connectivity index (χ4n) is 4.03. The van der Waals surface area contributed by atoms with Crippen LogP contribution in [0.3, 0.4) is 0 Å². The van der Waals surface area contributed by atoms with Gasteiger partial charge in [0.05, 0.1) is 5.56 Å². The summed E-state index contributed by atoms with van der Waals surface area (Å²) >= 11 is 0. The summed E-state index contributed by atoms with van der Waals surface area (Å²) in [6, 6.07) is 17.5. The minimum Gasteiger partial charge on any atom is -0.508 e. The molecule has 0 aliphatic carbocycles. The van der Waals surface area contributed by atoms with Crippen LogP contribution in [0.15, 0.2) is 66.7 Å². The van der Waals surface area contributed by atoms with Crippen molar-refractivity contribution in [3.05, 3.63) is 77.9 Å². The Labute approximate surface area is 194 Å². The van der Waals surface area contributed by atoms with Crippen LogP contribution in [0, 0.1) is 0 Å². The van der Waals surface area contributed by atoms with Gasteiger partial charge in [-0.05, 0) is 71.3 Å². The Kier molecular flexibility index (Phi) is 6.65. The lowest BCUT2D eigenvalue weighted by Crippen LogP contribution is -2.46. The van der Waals surface area contributed by atoms with Crippen LogP contribution in [0.5, 0.6) is 11.5 Å². The maximum atomic E-state index is 12.9. The van der Waals surface area contributed by atoms with Gasteiger partial charge in [-0.15, -0.1) is 13.2 Å². The zero-order valence-electron chi connectivity index (χ0n) is 18.1. The van der Waals surface area contributed by atoms with E-state index < -0.39 is 12.3 Å². The smallest absolute Gasteiger partial charge is 0.508 e. The number of anilines is 1. The number of alkyl halides is 3. The maximum Gasteiger partial charge on any atom is 0.573 e. The Morgan fingerprint density at radius 2 is 1.62 bits per heavy atom. The Bertz CT molecular complexity index is 1160. The monoisotopic (exact) mass is 472 g/mol. The fourth-order valence-corrected chi connectivity index (χ4v) is 4.03. The predicted molar refractivity (Wildman–Crippen MR) is 121 cm³/mol. The lowest BCUT2D eigenvalue weighted by molar-refractivity contribution is -0.274. The number of aromatic hydroxyl groups is 1. The van der Waals surface area contributed by atoms with Crippen LogP contribution in [0.4, 0.5) is 18.9 Å².